The van der Waals surface area contributed by atoms with Gasteiger partial charge >= 0.3 is 5.97 Å². The lowest BCUT2D eigenvalue weighted by Crippen LogP contribution is -2.03. The van der Waals surface area contributed by atoms with Crippen LogP contribution in [-0.2, 0) is 4.79 Å². The second-order valence-electron chi connectivity index (χ2n) is 6.37. The lowest BCUT2D eigenvalue weighted by molar-refractivity contribution is -0.138. The van der Waals surface area contributed by atoms with Gasteiger partial charge in [-0.3, -0.25) is 4.79 Å². The highest BCUT2D eigenvalue weighted by molar-refractivity contribution is 5.66. The standard InChI is InChI=1S/C21H36O2/c1-3-4-5-6-7-8-9-10-11-12-13-14-15-16-17-18-20(2)19-21(22)23/h7-8,10-11,13-14,20H,3-6,9,12,15-19H2,1-2H3,(H,22,23)/b8-7+,11-10+,14-13+. The second kappa shape index (κ2) is 17.1. The van der Waals surface area contributed by atoms with Crippen molar-refractivity contribution in [2.75, 3.05) is 0 Å². The Morgan fingerprint density at radius 1 is 0.870 bits per heavy atom. The molecule has 0 aliphatic rings. The van der Waals surface area contributed by atoms with Crippen molar-refractivity contribution >= 4 is 5.97 Å². The average Bonchev–Trinajstić information content (AvgIpc) is 2.50. The van der Waals surface area contributed by atoms with Crippen molar-refractivity contribution in [3.63, 3.8) is 0 Å². The SMILES string of the molecule is CCCCC/C=C/C/C=C/C/C=C/CCCCC(C)CC(=O)O. The molecule has 1 N–H and O–H groups in total. The first-order valence-corrected chi connectivity index (χ1v) is 9.33. The van der Waals surface area contributed by atoms with E-state index in [1.54, 1.807) is 0 Å². The Labute approximate surface area is 143 Å². The summed E-state index contributed by atoms with van der Waals surface area (Å²) in [5.74, 6) is -0.380. The molecule has 23 heavy (non-hydrogen) atoms. The number of unbranched alkanes of at least 4 members (excludes halogenated alkanes) is 5. The minimum Gasteiger partial charge on any atom is -0.481 e. The fourth-order valence-corrected chi connectivity index (χ4v) is 2.45. The van der Waals surface area contributed by atoms with E-state index in [-0.39, 0.29) is 0 Å². The van der Waals surface area contributed by atoms with E-state index in [1.807, 2.05) is 6.92 Å². The van der Waals surface area contributed by atoms with Crippen LogP contribution < -0.4 is 0 Å². The Bertz CT molecular complexity index is 353. The zero-order valence-corrected chi connectivity index (χ0v) is 15.2. The molecule has 0 aliphatic heterocycles. The summed E-state index contributed by atoms with van der Waals surface area (Å²) >= 11 is 0. The first-order valence-electron chi connectivity index (χ1n) is 9.33. The molecular formula is C21H36O2. The molecule has 0 rings (SSSR count). The van der Waals surface area contributed by atoms with Crippen molar-refractivity contribution in [1.29, 1.82) is 0 Å². The Kier molecular flexibility index (Phi) is 16.1. The van der Waals surface area contributed by atoms with Gasteiger partial charge in [0.05, 0.1) is 0 Å². The van der Waals surface area contributed by atoms with E-state index in [2.05, 4.69) is 43.4 Å². The monoisotopic (exact) mass is 320 g/mol. The molecule has 0 aromatic carbocycles. The van der Waals surface area contributed by atoms with Gasteiger partial charge in [-0.15, -0.1) is 0 Å². The van der Waals surface area contributed by atoms with Crippen molar-refractivity contribution in [3.05, 3.63) is 36.5 Å². The molecule has 1 atom stereocenters. The van der Waals surface area contributed by atoms with E-state index in [4.69, 9.17) is 5.11 Å². The molecule has 0 fully saturated rings. The molecule has 0 aliphatic carbocycles. The van der Waals surface area contributed by atoms with E-state index < -0.39 is 5.97 Å². The Balaban J connectivity index is 3.40. The average molecular weight is 321 g/mol. The summed E-state index contributed by atoms with van der Waals surface area (Å²) < 4.78 is 0. The normalized spacial score (nSPS) is 13.5. The summed E-state index contributed by atoms with van der Waals surface area (Å²) in [6.07, 6.45) is 25.4. The topological polar surface area (TPSA) is 37.3 Å². The molecule has 0 aromatic rings. The molecule has 0 saturated heterocycles. The van der Waals surface area contributed by atoms with Gasteiger partial charge in [-0.1, -0.05) is 76.0 Å². The van der Waals surface area contributed by atoms with Crippen LogP contribution in [0.1, 0.15) is 84.5 Å². The van der Waals surface area contributed by atoms with Crippen LogP contribution in [0.25, 0.3) is 0 Å². The number of carboxylic acid groups (broad SMARTS) is 1. The van der Waals surface area contributed by atoms with E-state index in [9.17, 15) is 4.79 Å². The molecule has 2 heteroatoms. The zero-order chi connectivity index (χ0) is 17.2. The number of carboxylic acids is 1. The zero-order valence-electron chi connectivity index (χ0n) is 15.2. The van der Waals surface area contributed by atoms with Gasteiger partial charge in [-0.05, 0) is 44.4 Å². The molecule has 2 nitrogen and oxygen atoms in total. The number of hydrogen-bond donors (Lipinski definition) is 1. The van der Waals surface area contributed by atoms with Crippen molar-refractivity contribution in [1.82, 2.24) is 0 Å². The highest BCUT2D eigenvalue weighted by atomic mass is 16.4. The number of allylic oxidation sites excluding steroid dienone is 6. The number of hydrogen-bond acceptors (Lipinski definition) is 1. The van der Waals surface area contributed by atoms with Crippen LogP contribution >= 0.6 is 0 Å². The first kappa shape index (κ1) is 21.7. The van der Waals surface area contributed by atoms with Gasteiger partial charge in [0.25, 0.3) is 0 Å². The third kappa shape index (κ3) is 18.6. The maximum atomic E-state index is 10.5. The molecule has 0 heterocycles. The molecule has 0 radical (unpaired) electrons. The first-order chi connectivity index (χ1) is 11.2. The lowest BCUT2D eigenvalue weighted by Gasteiger charge is -2.06. The molecule has 132 valence electrons. The van der Waals surface area contributed by atoms with Crippen LogP contribution in [0.15, 0.2) is 36.5 Å². The number of rotatable bonds is 15. The van der Waals surface area contributed by atoms with Crippen molar-refractivity contribution < 1.29 is 9.90 Å². The van der Waals surface area contributed by atoms with Gasteiger partial charge in [0, 0.05) is 6.42 Å². The summed E-state index contributed by atoms with van der Waals surface area (Å²) in [4.78, 5) is 10.5. The third-order valence-corrected chi connectivity index (χ3v) is 3.86. The summed E-state index contributed by atoms with van der Waals surface area (Å²) in [6, 6.07) is 0. The summed E-state index contributed by atoms with van der Waals surface area (Å²) in [6.45, 7) is 4.26. The van der Waals surface area contributed by atoms with Crippen LogP contribution in [0.2, 0.25) is 0 Å². The smallest absolute Gasteiger partial charge is 0.303 e. The Morgan fingerprint density at radius 3 is 1.91 bits per heavy atom. The fourth-order valence-electron chi connectivity index (χ4n) is 2.45. The molecule has 0 saturated carbocycles. The molecular weight excluding hydrogens is 284 g/mol. The highest BCUT2D eigenvalue weighted by Gasteiger charge is 2.06. The number of carbonyl (C=O) groups is 1. The maximum absolute atomic E-state index is 10.5. The summed E-state index contributed by atoms with van der Waals surface area (Å²) in [7, 11) is 0. The van der Waals surface area contributed by atoms with Gasteiger partial charge in [0.15, 0.2) is 0 Å². The highest BCUT2D eigenvalue weighted by Crippen LogP contribution is 2.13. The minimum atomic E-state index is -0.681. The van der Waals surface area contributed by atoms with E-state index in [0.717, 1.165) is 38.5 Å². The van der Waals surface area contributed by atoms with Gasteiger partial charge in [-0.25, -0.2) is 0 Å². The number of aliphatic carboxylic acids is 1. The van der Waals surface area contributed by atoms with E-state index in [0.29, 0.717) is 12.3 Å². The van der Waals surface area contributed by atoms with Crippen molar-refractivity contribution in [3.8, 4) is 0 Å². The minimum absolute atomic E-state index is 0.299. The molecule has 0 spiro atoms. The molecule has 0 aromatic heterocycles. The maximum Gasteiger partial charge on any atom is 0.303 e. The Hall–Kier alpha value is -1.31. The predicted molar refractivity (Wildman–Crippen MR) is 101 cm³/mol. The quantitative estimate of drug-likeness (QED) is 0.270. The third-order valence-electron chi connectivity index (χ3n) is 3.86. The van der Waals surface area contributed by atoms with Gasteiger partial charge in [0.1, 0.15) is 0 Å². The summed E-state index contributed by atoms with van der Waals surface area (Å²) in [5, 5.41) is 8.69. The molecule has 0 amide bonds. The van der Waals surface area contributed by atoms with Gasteiger partial charge in [-0.2, -0.15) is 0 Å². The second-order valence-corrected chi connectivity index (χ2v) is 6.37. The molecule has 0 bridgehead atoms. The largest absolute Gasteiger partial charge is 0.481 e. The lowest BCUT2D eigenvalue weighted by atomic mass is 10.00. The predicted octanol–water partition coefficient (Wildman–Crippen LogP) is 6.69. The molecule has 1 unspecified atom stereocenters. The summed E-state index contributed by atoms with van der Waals surface area (Å²) in [5.41, 5.74) is 0. The van der Waals surface area contributed by atoms with Crippen LogP contribution in [0.3, 0.4) is 0 Å². The van der Waals surface area contributed by atoms with Crippen LogP contribution in [0.4, 0.5) is 0 Å². The van der Waals surface area contributed by atoms with Crippen LogP contribution in [0.5, 0.6) is 0 Å². The van der Waals surface area contributed by atoms with Crippen molar-refractivity contribution in [2.24, 2.45) is 5.92 Å². The van der Waals surface area contributed by atoms with Gasteiger partial charge in [0.2, 0.25) is 0 Å². The van der Waals surface area contributed by atoms with E-state index >= 15 is 0 Å². The van der Waals surface area contributed by atoms with E-state index in [1.165, 1.54) is 25.7 Å². The van der Waals surface area contributed by atoms with Gasteiger partial charge < -0.3 is 5.11 Å². The van der Waals surface area contributed by atoms with Crippen LogP contribution in [-0.4, -0.2) is 11.1 Å². The van der Waals surface area contributed by atoms with Crippen LogP contribution in [0, 0.1) is 5.92 Å². The Morgan fingerprint density at radius 2 is 1.39 bits per heavy atom. The fraction of sp³-hybridized carbons (Fsp3) is 0.667. The van der Waals surface area contributed by atoms with Crippen molar-refractivity contribution in [2.45, 2.75) is 84.5 Å².